The number of aromatic nitrogens is 1. The van der Waals surface area contributed by atoms with Gasteiger partial charge in [-0.2, -0.15) is 0 Å². The van der Waals surface area contributed by atoms with Crippen molar-refractivity contribution in [2.75, 3.05) is 12.4 Å². The summed E-state index contributed by atoms with van der Waals surface area (Å²) in [7, 11) is 1.67. The molecule has 4 heteroatoms. The number of hydrogen-bond donors (Lipinski definition) is 1. The van der Waals surface area contributed by atoms with Gasteiger partial charge in [0.25, 0.3) is 0 Å². The highest BCUT2D eigenvalue weighted by Gasteiger charge is 1.97. The summed E-state index contributed by atoms with van der Waals surface area (Å²) in [5, 5.41) is 3.26. The van der Waals surface area contributed by atoms with Crippen molar-refractivity contribution in [2.24, 2.45) is 0 Å². The first-order chi connectivity index (χ1) is 8.28. The Kier molecular flexibility index (Phi) is 3.98. The molecule has 0 saturated carbocycles. The van der Waals surface area contributed by atoms with Crippen LogP contribution >= 0.6 is 15.9 Å². The average molecular weight is 293 g/mol. The van der Waals surface area contributed by atoms with E-state index in [1.54, 1.807) is 7.11 Å². The van der Waals surface area contributed by atoms with Crippen molar-refractivity contribution in [1.82, 2.24) is 4.98 Å². The molecule has 2 aromatic rings. The first-order valence-corrected chi connectivity index (χ1v) is 6.06. The van der Waals surface area contributed by atoms with Crippen molar-refractivity contribution in [3.05, 3.63) is 52.6 Å². The second-order valence-corrected chi connectivity index (χ2v) is 4.36. The molecule has 0 atom stereocenters. The predicted octanol–water partition coefficient (Wildman–Crippen LogP) is 3.46. The molecule has 0 aliphatic heterocycles. The number of benzene rings is 1. The number of nitrogens with one attached hydrogen (secondary N) is 1. The summed E-state index contributed by atoms with van der Waals surface area (Å²) < 4.78 is 5.94. The van der Waals surface area contributed by atoms with Gasteiger partial charge in [-0.1, -0.05) is 18.2 Å². The zero-order chi connectivity index (χ0) is 12.1. The fraction of sp³-hybridized carbons (Fsp3) is 0.154. The van der Waals surface area contributed by atoms with Crippen LogP contribution in [0.5, 0.6) is 5.75 Å². The predicted molar refractivity (Wildman–Crippen MR) is 72.3 cm³/mol. The smallest absolute Gasteiger partial charge is 0.127 e. The van der Waals surface area contributed by atoms with Gasteiger partial charge in [-0.15, -0.1) is 0 Å². The summed E-state index contributed by atoms with van der Waals surface area (Å²) in [4.78, 5) is 4.30. The van der Waals surface area contributed by atoms with E-state index >= 15 is 0 Å². The molecule has 0 unspecified atom stereocenters. The van der Waals surface area contributed by atoms with Gasteiger partial charge in [0.1, 0.15) is 16.2 Å². The van der Waals surface area contributed by atoms with Crippen LogP contribution in [-0.4, -0.2) is 12.1 Å². The summed E-state index contributed by atoms with van der Waals surface area (Å²) in [6.45, 7) is 0.743. The van der Waals surface area contributed by atoms with E-state index in [9.17, 15) is 0 Å². The van der Waals surface area contributed by atoms with Gasteiger partial charge >= 0.3 is 0 Å². The molecule has 0 aliphatic rings. The zero-order valence-corrected chi connectivity index (χ0v) is 11.1. The van der Waals surface area contributed by atoms with Crippen molar-refractivity contribution < 1.29 is 4.74 Å². The third kappa shape index (κ3) is 3.46. The summed E-state index contributed by atoms with van der Waals surface area (Å²) in [6, 6.07) is 13.8. The fourth-order valence-electron chi connectivity index (χ4n) is 1.44. The standard InChI is InChI=1S/C13H13BrN2O/c1-17-11-7-5-10(6-8-11)9-15-13-4-2-3-12(14)16-13/h2-8H,9H2,1H3,(H,15,16). The summed E-state index contributed by atoms with van der Waals surface area (Å²) in [5.41, 5.74) is 1.19. The molecule has 0 spiro atoms. The highest BCUT2D eigenvalue weighted by Crippen LogP contribution is 2.14. The topological polar surface area (TPSA) is 34.1 Å². The lowest BCUT2D eigenvalue weighted by atomic mass is 10.2. The van der Waals surface area contributed by atoms with Crippen LogP contribution < -0.4 is 10.1 Å². The summed E-state index contributed by atoms with van der Waals surface area (Å²) in [6.07, 6.45) is 0. The molecule has 88 valence electrons. The molecule has 1 aromatic carbocycles. The second-order valence-electron chi connectivity index (χ2n) is 3.55. The maximum absolute atomic E-state index is 5.11. The lowest BCUT2D eigenvalue weighted by Gasteiger charge is -2.06. The number of halogens is 1. The molecule has 0 saturated heterocycles. The Balaban J connectivity index is 1.97. The molecule has 0 fully saturated rings. The Morgan fingerprint density at radius 3 is 2.59 bits per heavy atom. The van der Waals surface area contributed by atoms with Crippen LogP contribution in [0.4, 0.5) is 5.82 Å². The van der Waals surface area contributed by atoms with Gasteiger partial charge in [0, 0.05) is 6.54 Å². The lowest BCUT2D eigenvalue weighted by Crippen LogP contribution is -2.01. The minimum atomic E-state index is 0.743. The van der Waals surface area contributed by atoms with Crippen LogP contribution in [0.2, 0.25) is 0 Å². The SMILES string of the molecule is COc1ccc(CNc2cccc(Br)n2)cc1. The van der Waals surface area contributed by atoms with E-state index in [1.165, 1.54) is 5.56 Å². The largest absolute Gasteiger partial charge is 0.497 e. The van der Waals surface area contributed by atoms with Gasteiger partial charge < -0.3 is 10.1 Å². The van der Waals surface area contributed by atoms with Crippen LogP contribution in [0.15, 0.2) is 47.1 Å². The van der Waals surface area contributed by atoms with Crippen molar-refractivity contribution in [1.29, 1.82) is 0 Å². The van der Waals surface area contributed by atoms with Gasteiger partial charge in [0.15, 0.2) is 0 Å². The van der Waals surface area contributed by atoms with Crippen molar-refractivity contribution in [3.63, 3.8) is 0 Å². The van der Waals surface area contributed by atoms with E-state index in [2.05, 4.69) is 26.2 Å². The molecule has 1 aromatic heterocycles. The number of hydrogen-bond acceptors (Lipinski definition) is 3. The van der Waals surface area contributed by atoms with Crippen LogP contribution in [0, 0.1) is 0 Å². The Morgan fingerprint density at radius 2 is 1.94 bits per heavy atom. The Hall–Kier alpha value is -1.55. The molecular formula is C13H13BrN2O. The van der Waals surface area contributed by atoms with Gasteiger partial charge in [0.05, 0.1) is 7.11 Å². The van der Waals surface area contributed by atoms with E-state index in [1.807, 2.05) is 42.5 Å². The molecule has 1 N–H and O–H groups in total. The number of ether oxygens (including phenoxy) is 1. The molecule has 3 nitrogen and oxygen atoms in total. The monoisotopic (exact) mass is 292 g/mol. The van der Waals surface area contributed by atoms with Crippen LogP contribution in [0.3, 0.4) is 0 Å². The molecule has 17 heavy (non-hydrogen) atoms. The average Bonchev–Trinajstić information content (AvgIpc) is 2.37. The van der Waals surface area contributed by atoms with Gasteiger partial charge in [0.2, 0.25) is 0 Å². The number of methoxy groups -OCH3 is 1. The van der Waals surface area contributed by atoms with E-state index in [0.717, 1.165) is 22.7 Å². The molecule has 0 radical (unpaired) electrons. The van der Waals surface area contributed by atoms with Crippen molar-refractivity contribution >= 4 is 21.7 Å². The lowest BCUT2D eigenvalue weighted by molar-refractivity contribution is 0.414. The van der Waals surface area contributed by atoms with Crippen LogP contribution in [-0.2, 0) is 6.54 Å². The van der Waals surface area contributed by atoms with Crippen LogP contribution in [0.25, 0.3) is 0 Å². The summed E-state index contributed by atoms with van der Waals surface area (Å²) in [5.74, 6) is 1.73. The third-order valence-electron chi connectivity index (χ3n) is 2.35. The number of anilines is 1. The quantitative estimate of drug-likeness (QED) is 0.877. The van der Waals surface area contributed by atoms with Gasteiger partial charge in [-0.3, -0.25) is 0 Å². The minimum Gasteiger partial charge on any atom is -0.497 e. The third-order valence-corrected chi connectivity index (χ3v) is 2.79. The zero-order valence-electron chi connectivity index (χ0n) is 9.48. The number of rotatable bonds is 4. The highest BCUT2D eigenvalue weighted by atomic mass is 79.9. The fourth-order valence-corrected chi connectivity index (χ4v) is 1.79. The van der Waals surface area contributed by atoms with Crippen molar-refractivity contribution in [3.8, 4) is 5.75 Å². The normalized spacial score (nSPS) is 10.0. The van der Waals surface area contributed by atoms with E-state index in [4.69, 9.17) is 4.74 Å². The molecule has 1 heterocycles. The second kappa shape index (κ2) is 5.68. The maximum Gasteiger partial charge on any atom is 0.127 e. The summed E-state index contributed by atoms with van der Waals surface area (Å²) >= 11 is 3.34. The van der Waals surface area contributed by atoms with Crippen LogP contribution in [0.1, 0.15) is 5.56 Å². The Morgan fingerprint density at radius 1 is 1.18 bits per heavy atom. The molecule has 0 aliphatic carbocycles. The number of pyridine rings is 1. The van der Waals surface area contributed by atoms with Gasteiger partial charge in [-0.25, -0.2) is 4.98 Å². The molecular weight excluding hydrogens is 280 g/mol. The molecule has 0 amide bonds. The van der Waals surface area contributed by atoms with E-state index in [0.29, 0.717) is 0 Å². The van der Waals surface area contributed by atoms with E-state index < -0.39 is 0 Å². The molecule has 2 rings (SSSR count). The molecule has 0 bridgehead atoms. The number of nitrogens with zero attached hydrogens (tertiary/aromatic N) is 1. The minimum absolute atomic E-state index is 0.743. The Labute approximate surface area is 109 Å². The highest BCUT2D eigenvalue weighted by molar-refractivity contribution is 9.10. The first-order valence-electron chi connectivity index (χ1n) is 5.27. The van der Waals surface area contributed by atoms with Gasteiger partial charge in [-0.05, 0) is 45.8 Å². The first kappa shape index (κ1) is 11.9. The maximum atomic E-state index is 5.11. The van der Waals surface area contributed by atoms with E-state index in [-0.39, 0.29) is 0 Å². The Bertz CT molecular complexity index is 485. The van der Waals surface area contributed by atoms with Crippen molar-refractivity contribution in [2.45, 2.75) is 6.54 Å².